The van der Waals surface area contributed by atoms with Crippen LogP contribution < -0.4 is 11.1 Å². The Labute approximate surface area is 118 Å². The number of halogens is 2. The number of nitrogens with one attached hydrogen (secondary N) is 1. The van der Waals surface area contributed by atoms with Crippen molar-refractivity contribution in [3.8, 4) is 0 Å². The van der Waals surface area contributed by atoms with Gasteiger partial charge in [0.25, 0.3) is 0 Å². The number of hydrogen-bond donors (Lipinski definition) is 2. The largest absolute Gasteiger partial charge is 0.330 e. The molecule has 19 heavy (non-hydrogen) atoms. The minimum atomic E-state index is -0.410. The summed E-state index contributed by atoms with van der Waals surface area (Å²) in [4.78, 5) is 13.8. The van der Waals surface area contributed by atoms with Gasteiger partial charge in [0.05, 0.1) is 12.2 Å². The third-order valence-electron chi connectivity index (χ3n) is 3.22. The molecular weight excluding hydrogens is 269 g/mol. The molecule has 1 fully saturated rings. The van der Waals surface area contributed by atoms with Crippen LogP contribution in [0.2, 0.25) is 0 Å². The number of carbonyl (C=O) groups is 1. The normalized spacial score (nSPS) is 18.9. The quantitative estimate of drug-likeness (QED) is 0.882. The first-order chi connectivity index (χ1) is 8.69. The molecule has 0 aromatic heterocycles. The van der Waals surface area contributed by atoms with Gasteiger partial charge in [-0.3, -0.25) is 9.69 Å². The molecule has 0 saturated carbocycles. The van der Waals surface area contributed by atoms with E-state index in [1.165, 1.54) is 6.07 Å². The van der Waals surface area contributed by atoms with Crippen LogP contribution in [0.4, 0.5) is 10.1 Å². The zero-order chi connectivity index (χ0) is 13.0. The van der Waals surface area contributed by atoms with E-state index < -0.39 is 5.82 Å². The molecule has 6 heteroatoms. The van der Waals surface area contributed by atoms with Gasteiger partial charge in [-0.25, -0.2) is 4.39 Å². The van der Waals surface area contributed by atoms with Crippen LogP contribution >= 0.6 is 12.4 Å². The Kier molecular flexibility index (Phi) is 6.21. The molecule has 0 bridgehead atoms. The van der Waals surface area contributed by atoms with Crippen LogP contribution in [0.25, 0.3) is 0 Å². The van der Waals surface area contributed by atoms with E-state index in [9.17, 15) is 9.18 Å². The average molecular weight is 288 g/mol. The van der Waals surface area contributed by atoms with E-state index in [-0.39, 0.29) is 24.0 Å². The maximum atomic E-state index is 13.3. The molecule has 3 N–H and O–H groups in total. The van der Waals surface area contributed by atoms with Gasteiger partial charge in [-0.2, -0.15) is 0 Å². The van der Waals surface area contributed by atoms with E-state index >= 15 is 0 Å². The van der Waals surface area contributed by atoms with E-state index in [1.807, 2.05) is 4.90 Å². The van der Waals surface area contributed by atoms with Crippen molar-refractivity contribution in [2.75, 3.05) is 31.5 Å². The lowest BCUT2D eigenvalue weighted by Crippen LogP contribution is -2.32. The first-order valence-corrected chi connectivity index (χ1v) is 6.16. The monoisotopic (exact) mass is 287 g/mol. The molecule has 1 unspecified atom stereocenters. The highest BCUT2D eigenvalue weighted by molar-refractivity contribution is 5.92. The number of benzene rings is 1. The molecular formula is C13H19ClFN3O. The molecule has 1 aliphatic heterocycles. The molecule has 1 aromatic rings. The van der Waals surface area contributed by atoms with Crippen LogP contribution in [0.1, 0.15) is 6.42 Å². The van der Waals surface area contributed by atoms with Crippen molar-refractivity contribution < 1.29 is 9.18 Å². The molecule has 0 radical (unpaired) electrons. The lowest BCUT2D eigenvalue weighted by atomic mass is 10.1. The molecule has 106 valence electrons. The van der Waals surface area contributed by atoms with Gasteiger partial charge in [-0.15, -0.1) is 12.4 Å². The van der Waals surface area contributed by atoms with Crippen molar-refractivity contribution in [2.24, 2.45) is 11.7 Å². The van der Waals surface area contributed by atoms with Crippen molar-refractivity contribution in [3.05, 3.63) is 30.1 Å². The van der Waals surface area contributed by atoms with Crippen LogP contribution in [-0.2, 0) is 4.79 Å². The van der Waals surface area contributed by atoms with Crippen molar-refractivity contribution in [2.45, 2.75) is 6.42 Å². The van der Waals surface area contributed by atoms with Gasteiger partial charge in [0.15, 0.2) is 0 Å². The summed E-state index contributed by atoms with van der Waals surface area (Å²) in [5.41, 5.74) is 5.83. The standard InChI is InChI=1S/C13H18FN3O.ClH/c14-11-3-1-2-4-12(11)16-13(18)9-17-6-5-10(7-15)8-17;/h1-4,10H,5-9,15H2,(H,16,18);1H. The topological polar surface area (TPSA) is 58.4 Å². The zero-order valence-corrected chi connectivity index (χ0v) is 11.5. The van der Waals surface area contributed by atoms with Gasteiger partial charge in [0.2, 0.25) is 5.91 Å². The third-order valence-corrected chi connectivity index (χ3v) is 3.22. The Morgan fingerprint density at radius 1 is 1.47 bits per heavy atom. The predicted octanol–water partition coefficient (Wildman–Crippen LogP) is 1.47. The van der Waals surface area contributed by atoms with Crippen LogP contribution in [0.15, 0.2) is 24.3 Å². The Bertz CT molecular complexity index is 430. The maximum absolute atomic E-state index is 13.3. The number of carbonyl (C=O) groups excluding carboxylic acids is 1. The van der Waals surface area contributed by atoms with Gasteiger partial charge in [-0.1, -0.05) is 12.1 Å². The fourth-order valence-corrected chi connectivity index (χ4v) is 2.20. The summed E-state index contributed by atoms with van der Waals surface area (Å²) in [6, 6.07) is 6.17. The molecule has 2 rings (SSSR count). The summed E-state index contributed by atoms with van der Waals surface area (Å²) in [6.45, 7) is 2.68. The Hall–Kier alpha value is -1.17. The number of rotatable bonds is 4. The summed E-state index contributed by atoms with van der Waals surface area (Å²) in [6.07, 6.45) is 1.03. The first kappa shape index (κ1) is 15.9. The summed E-state index contributed by atoms with van der Waals surface area (Å²) < 4.78 is 13.3. The minimum absolute atomic E-state index is 0. The van der Waals surface area contributed by atoms with E-state index in [4.69, 9.17) is 5.73 Å². The molecule has 1 aromatic carbocycles. The number of anilines is 1. The molecule has 1 amide bonds. The van der Waals surface area contributed by atoms with E-state index in [1.54, 1.807) is 18.2 Å². The summed E-state index contributed by atoms with van der Waals surface area (Å²) in [5, 5.41) is 2.58. The second kappa shape index (κ2) is 7.43. The number of nitrogens with two attached hydrogens (primary N) is 1. The summed E-state index contributed by atoms with van der Waals surface area (Å²) >= 11 is 0. The number of amides is 1. The zero-order valence-electron chi connectivity index (χ0n) is 10.6. The second-order valence-electron chi connectivity index (χ2n) is 4.65. The summed E-state index contributed by atoms with van der Waals surface area (Å²) in [5.74, 6) is -0.115. The number of para-hydroxylation sites is 1. The fraction of sp³-hybridized carbons (Fsp3) is 0.462. The van der Waals surface area contributed by atoms with Crippen LogP contribution in [0.3, 0.4) is 0 Å². The van der Waals surface area contributed by atoms with E-state index in [0.29, 0.717) is 19.0 Å². The highest BCUT2D eigenvalue weighted by Gasteiger charge is 2.22. The lowest BCUT2D eigenvalue weighted by molar-refractivity contribution is -0.117. The maximum Gasteiger partial charge on any atom is 0.238 e. The SMILES string of the molecule is Cl.NCC1CCN(CC(=O)Nc2ccccc2F)C1. The Balaban J connectivity index is 0.00000180. The smallest absolute Gasteiger partial charge is 0.238 e. The number of likely N-dealkylation sites (tertiary alicyclic amines) is 1. The number of hydrogen-bond acceptors (Lipinski definition) is 3. The summed E-state index contributed by atoms with van der Waals surface area (Å²) in [7, 11) is 0. The molecule has 1 saturated heterocycles. The van der Waals surface area contributed by atoms with Crippen molar-refractivity contribution in [3.63, 3.8) is 0 Å². The van der Waals surface area contributed by atoms with E-state index in [0.717, 1.165) is 19.5 Å². The van der Waals surface area contributed by atoms with E-state index in [2.05, 4.69) is 5.32 Å². The highest BCUT2D eigenvalue weighted by Crippen LogP contribution is 2.15. The fourth-order valence-electron chi connectivity index (χ4n) is 2.20. The first-order valence-electron chi connectivity index (χ1n) is 6.16. The number of nitrogens with zero attached hydrogens (tertiary/aromatic N) is 1. The average Bonchev–Trinajstić information content (AvgIpc) is 2.80. The van der Waals surface area contributed by atoms with Crippen LogP contribution in [0.5, 0.6) is 0 Å². The van der Waals surface area contributed by atoms with Gasteiger partial charge in [-0.05, 0) is 37.6 Å². The molecule has 0 spiro atoms. The van der Waals surface area contributed by atoms with Gasteiger partial charge in [0.1, 0.15) is 5.82 Å². The van der Waals surface area contributed by atoms with Crippen molar-refractivity contribution in [1.82, 2.24) is 4.90 Å². The van der Waals surface area contributed by atoms with Crippen molar-refractivity contribution >= 4 is 24.0 Å². The molecule has 1 atom stereocenters. The molecule has 1 heterocycles. The highest BCUT2D eigenvalue weighted by atomic mass is 35.5. The molecule has 1 aliphatic rings. The van der Waals surface area contributed by atoms with Gasteiger partial charge < -0.3 is 11.1 Å². The van der Waals surface area contributed by atoms with Crippen LogP contribution in [-0.4, -0.2) is 37.0 Å². The third kappa shape index (κ3) is 4.45. The van der Waals surface area contributed by atoms with Crippen molar-refractivity contribution in [1.29, 1.82) is 0 Å². The Morgan fingerprint density at radius 3 is 2.84 bits per heavy atom. The van der Waals surface area contributed by atoms with Gasteiger partial charge in [0, 0.05) is 6.54 Å². The lowest BCUT2D eigenvalue weighted by Gasteiger charge is -2.15. The molecule has 4 nitrogen and oxygen atoms in total. The minimum Gasteiger partial charge on any atom is -0.330 e. The second-order valence-corrected chi connectivity index (χ2v) is 4.65. The predicted molar refractivity (Wildman–Crippen MR) is 75.9 cm³/mol. The Morgan fingerprint density at radius 2 is 2.21 bits per heavy atom. The molecule has 0 aliphatic carbocycles. The van der Waals surface area contributed by atoms with Gasteiger partial charge >= 0.3 is 0 Å². The van der Waals surface area contributed by atoms with Crippen LogP contribution in [0, 0.1) is 11.7 Å².